The molecule has 0 radical (unpaired) electrons. The normalized spacial score (nSPS) is 10.7. The summed E-state index contributed by atoms with van der Waals surface area (Å²) in [6, 6.07) is 15.4. The van der Waals surface area contributed by atoms with Gasteiger partial charge in [0.25, 0.3) is 5.69 Å². The molecular formula is C18H14N4O4S. The molecule has 3 rings (SSSR count). The monoisotopic (exact) mass is 382 g/mol. The number of hydrogen-bond donors (Lipinski definition) is 1. The highest BCUT2D eigenvalue weighted by Gasteiger charge is 2.20. The van der Waals surface area contributed by atoms with E-state index in [-0.39, 0.29) is 11.4 Å². The lowest BCUT2D eigenvalue weighted by Gasteiger charge is -1.99. The van der Waals surface area contributed by atoms with Crippen LogP contribution in [0.15, 0.2) is 59.7 Å². The van der Waals surface area contributed by atoms with Gasteiger partial charge in [-0.3, -0.25) is 15.5 Å². The molecule has 0 aliphatic heterocycles. The molecule has 136 valence electrons. The number of non-ortho nitro benzene ring substituents is 1. The topological polar surface area (TPSA) is 107 Å². The number of anilines is 1. The second kappa shape index (κ2) is 8.19. The number of benzene rings is 2. The molecule has 1 heterocycles. The van der Waals surface area contributed by atoms with Crippen LogP contribution in [0.25, 0.3) is 10.4 Å². The molecule has 1 aromatic heterocycles. The van der Waals surface area contributed by atoms with E-state index in [1.807, 2.05) is 30.3 Å². The van der Waals surface area contributed by atoms with Crippen molar-refractivity contribution < 1.29 is 14.5 Å². The van der Waals surface area contributed by atoms with Crippen LogP contribution >= 0.6 is 11.3 Å². The van der Waals surface area contributed by atoms with E-state index in [0.717, 1.165) is 5.56 Å². The standard InChI is InChI=1S/C18H14N4O4S/c1-26-17(23)15-16(13-7-3-2-4-8-13)27-18(20-15)21-19-11-12-6-5-9-14(10-12)22(24)25/h2-11H,1H3,(H,20,21)/b19-11+. The molecule has 0 amide bonds. The zero-order valence-electron chi connectivity index (χ0n) is 14.2. The summed E-state index contributed by atoms with van der Waals surface area (Å²) < 4.78 is 4.80. The zero-order chi connectivity index (χ0) is 19.2. The predicted octanol–water partition coefficient (Wildman–Crippen LogP) is 3.95. The van der Waals surface area contributed by atoms with Gasteiger partial charge >= 0.3 is 5.97 Å². The lowest BCUT2D eigenvalue weighted by atomic mass is 10.1. The Morgan fingerprint density at radius 3 is 2.74 bits per heavy atom. The number of carbonyl (C=O) groups is 1. The van der Waals surface area contributed by atoms with Gasteiger partial charge in [-0.25, -0.2) is 9.78 Å². The fourth-order valence-electron chi connectivity index (χ4n) is 2.27. The number of thiazole rings is 1. The molecule has 0 aliphatic rings. The molecule has 0 aliphatic carbocycles. The van der Waals surface area contributed by atoms with E-state index in [1.165, 1.54) is 36.8 Å². The van der Waals surface area contributed by atoms with Crippen molar-refractivity contribution in [2.45, 2.75) is 0 Å². The van der Waals surface area contributed by atoms with Gasteiger partial charge < -0.3 is 4.74 Å². The predicted molar refractivity (Wildman–Crippen MR) is 103 cm³/mol. The Morgan fingerprint density at radius 2 is 2.04 bits per heavy atom. The van der Waals surface area contributed by atoms with E-state index in [9.17, 15) is 14.9 Å². The number of rotatable bonds is 6. The van der Waals surface area contributed by atoms with Crippen LogP contribution in [-0.4, -0.2) is 29.2 Å². The summed E-state index contributed by atoms with van der Waals surface area (Å²) >= 11 is 1.25. The second-order valence-corrected chi connectivity index (χ2v) is 6.28. The number of nitro benzene ring substituents is 1. The molecule has 0 fully saturated rings. The van der Waals surface area contributed by atoms with Gasteiger partial charge in [-0.2, -0.15) is 5.10 Å². The van der Waals surface area contributed by atoms with Gasteiger partial charge in [0.1, 0.15) is 0 Å². The molecule has 1 N–H and O–H groups in total. The van der Waals surface area contributed by atoms with Crippen molar-refractivity contribution in [2.24, 2.45) is 5.10 Å². The van der Waals surface area contributed by atoms with Crippen LogP contribution in [0.5, 0.6) is 0 Å². The molecule has 8 nitrogen and oxygen atoms in total. The van der Waals surface area contributed by atoms with E-state index in [4.69, 9.17) is 4.74 Å². The van der Waals surface area contributed by atoms with Crippen LogP contribution in [-0.2, 0) is 4.74 Å². The van der Waals surface area contributed by atoms with E-state index < -0.39 is 10.9 Å². The van der Waals surface area contributed by atoms with E-state index in [1.54, 1.807) is 12.1 Å². The van der Waals surface area contributed by atoms with Crippen molar-refractivity contribution in [1.82, 2.24) is 4.98 Å². The molecular weight excluding hydrogens is 368 g/mol. The van der Waals surface area contributed by atoms with Gasteiger partial charge in [0.05, 0.1) is 23.1 Å². The lowest BCUT2D eigenvalue weighted by molar-refractivity contribution is -0.384. The molecule has 0 bridgehead atoms. The first-order chi connectivity index (χ1) is 13.1. The van der Waals surface area contributed by atoms with Crippen LogP contribution in [0.3, 0.4) is 0 Å². The molecule has 3 aromatic rings. The average molecular weight is 382 g/mol. The largest absolute Gasteiger partial charge is 0.464 e. The highest BCUT2D eigenvalue weighted by molar-refractivity contribution is 7.19. The smallest absolute Gasteiger partial charge is 0.358 e. The van der Waals surface area contributed by atoms with E-state index in [0.29, 0.717) is 15.6 Å². The van der Waals surface area contributed by atoms with Crippen molar-refractivity contribution in [3.63, 3.8) is 0 Å². The first-order valence-corrected chi connectivity index (χ1v) is 8.58. The Bertz CT molecular complexity index is 1000. The van der Waals surface area contributed by atoms with E-state index in [2.05, 4.69) is 15.5 Å². The molecule has 9 heteroatoms. The molecule has 0 unspecified atom stereocenters. The third kappa shape index (κ3) is 4.33. The number of hydrazone groups is 1. The maximum absolute atomic E-state index is 12.0. The van der Waals surface area contributed by atoms with Crippen molar-refractivity contribution in [2.75, 3.05) is 12.5 Å². The summed E-state index contributed by atoms with van der Waals surface area (Å²) in [4.78, 5) is 27.3. The summed E-state index contributed by atoms with van der Waals surface area (Å²) in [5.41, 5.74) is 4.32. The quantitative estimate of drug-likeness (QED) is 0.299. The SMILES string of the molecule is COC(=O)c1nc(N/N=C/c2cccc([N+](=O)[O-])c2)sc1-c1ccccc1. The summed E-state index contributed by atoms with van der Waals surface area (Å²) in [5, 5.41) is 15.3. The minimum absolute atomic E-state index is 0.0208. The number of nitrogens with one attached hydrogen (secondary N) is 1. The number of hydrogen-bond acceptors (Lipinski definition) is 8. The Morgan fingerprint density at radius 1 is 1.26 bits per heavy atom. The van der Waals surface area contributed by atoms with Gasteiger partial charge in [-0.05, 0) is 5.56 Å². The number of nitro groups is 1. The van der Waals surface area contributed by atoms with Crippen molar-refractivity contribution in [1.29, 1.82) is 0 Å². The average Bonchev–Trinajstić information content (AvgIpc) is 3.12. The van der Waals surface area contributed by atoms with Crippen LogP contribution < -0.4 is 5.43 Å². The number of methoxy groups -OCH3 is 1. The zero-order valence-corrected chi connectivity index (χ0v) is 15.0. The minimum Gasteiger partial charge on any atom is -0.464 e. The summed E-state index contributed by atoms with van der Waals surface area (Å²) in [7, 11) is 1.30. The number of esters is 1. The van der Waals surface area contributed by atoms with Crippen molar-refractivity contribution in [3.8, 4) is 10.4 Å². The van der Waals surface area contributed by atoms with Crippen LogP contribution in [0, 0.1) is 10.1 Å². The minimum atomic E-state index is -0.541. The van der Waals surface area contributed by atoms with Crippen LogP contribution in [0.4, 0.5) is 10.8 Å². The fourth-order valence-corrected chi connectivity index (χ4v) is 3.18. The molecule has 0 spiro atoms. The Balaban J connectivity index is 1.83. The number of carbonyl (C=O) groups excluding carboxylic acids is 1. The van der Waals surface area contributed by atoms with Gasteiger partial charge in [0.2, 0.25) is 5.13 Å². The summed E-state index contributed by atoms with van der Waals surface area (Å²) in [5.74, 6) is -0.541. The third-order valence-corrected chi connectivity index (χ3v) is 4.51. The third-order valence-electron chi connectivity index (χ3n) is 3.50. The molecule has 0 saturated carbocycles. The maximum Gasteiger partial charge on any atom is 0.358 e. The molecule has 0 atom stereocenters. The lowest BCUT2D eigenvalue weighted by Crippen LogP contribution is -2.03. The van der Waals surface area contributed by atoms with Gasteiger partial charge in [-0.1, -0.05) is 53.8 Å². The summed E-state index contributed by atoms with van der Waals surface area (Å²) in [6.45, 7) is 0. The van der Waals surface area contributed by atoms with Crippen LogP contribution in [0.2, 0.25) is 0 Å². The number of ether oxygens (including phenoxy) is 1. The number of nitrogens with zero attached hydrogens (tertiary/aromatic N) is 3. The Kier molecular flexibility index (Phi) is 5.53. The highest BCUT2D eigenvalue weighted by Crippen LogP contribution is 2.33. The first kappa shape index (κ1) is 18.2. The van der Waals surface area contributed by atoms with Gasteiger partial charge in [0.15, 0.2) is 5.69 Å². The molecule has 27 heavy (non-hydrogen) atoms. The maximum atomic E-state index is 12.0. The molecule has 2 aromatic carbocycles. The number of aromatic nitrogens is 1. The second-order valence-electron chi connectivity index (χ2n) is 5.28. The highest BCUT2D eigenvalue weighted by atomic mass is 32.1. The van der Waals surface area contributed by atoms with Crippen molar-refractivity contribution >= 4 is 34.3 Å². The van der Waals surface area contributed by atoms with Gasteiger partial charge in [-0.15, -0.1) is 0 Å². The Hall–Kier alpha value is -3.59. The summed E-state index contributed by atoms with van der Waals surface area (Å²) in [6.07, 6.45) is 1.44. The van der Waals surface area contributed by atoms with Crippen LogP contribution in [0.1, 0.15) is 16.1 Å². The van der Waals surface area contributed by atoms with Gasteiger partial charge in [0, 0.05) is 17.7 Å². The fraction of sp³-hybridized carbons (Fsp3) is 0.0556. The van der Waals surface area contributed by atoms with Crippen molar-refractivity contribution in [3.05, 3.63) is 76.0 Å². The first-order valence-electron chi connectivity index (χ1n) is 7.76. The molecule has 0 saturated heterocycles. The van der Waals surface area contributed by atoms with E-state index >= 15 is 0 Å². The Labute approximate surface area is 158 Å².